The van der Waals surface area contributed by atoms with Gasteiger partial charge in [0.15, 0.2) is 0 Å². The van der Waals surface area contributed by atoms with Gasteiger partial charge in [0, 0.05) is 17.2 Å². The molecule has 0 aliphatic heterocycles. The van der Waals surface area contributed by atoms with Crippen LogP contribution in [-0.4, -0.2) is 18.9 Å². The maximum absolute atomic E-state index is 12.6. The van der Waals surface area contributed by atoms with Crippen LogP contribution in [0.4, 0.5) is 0 Å². The molecular weight excluding hydrogens is 392 g/mol. The van der Waals surface area contributed by atoms with Crippen LogP contribution >= 0.6 is 11.3 Å². The first-order valence-electron chi connectivity index (χ1n) is 11.1. The first-order chi connectivity index (χ1) is 14.6. The Morgan fingerprint density at radius 3 is 2.70 bits per heavy atom. The predicted octanol–water partition coefficient (Wildman–Crippen LogP) is 6.82. The summed E-state index contributed by atoms with van der Waals surface area (Å²) in [6, 6.07) is 12.4. The molecule has 0 amide bonds. The number of esters is 1. The Labute approximate surface area is 184 Å². The van der Waals surface area contributed by atoms with E-state index in [4.69, 9.17) is 4.74 Å². The lowest BCUT2D eigenvalue weighted by molar-refractivity contribution is -0.119. The third-order valence-corrected chi connectivity index (χ3v) is 7.08. The zero-order chi connectivity index (χ0) is 21.3. The van der Waals surface area contributed by atoms with Crippen molar-refractivity contribution in [3.8, 4) is 0 Å². The molecule has 2 aromatic rings. The zero-order valence-corrected chi connectivity index (χ0v) is 18.9. The number of thiophene rings is 1. The summed E-state index contributed by atoms with van der Waals surface area (Å²) >= 11 is 1.51. The van der Waals surface area contributed by atoms with E-state index in [1.165, 1.54) is 41.7 Å². The summed E-state index contributed by atoms with van der Waals surface area (Å²) in [5, 5.41) is 0. The fraction of sp³-hybridized carbons (Fsp3) is 0.462. The van der Waals surface area contributed by atoms with E-state index in [-0.39, 0.29) is 11.9 Å². The molecule has 1 saturated carbocycles. The molecule has 0 saturated heterocycles. The number of ketones is 1. The second-order valence-electron chi connectivity index (χ2n) is 8.10. The van der Waals surface area contributed by atoms with Crippen molar-refractivity contribution in [1.82, 2.24) is 0 Å². The summed E-state index contributed by atoms with van der Waals surface area (Å²) in [7, 11) is 1.41. The van der Waals surface area contributed by atoms with Crippen LogP contribution in [0.15, 0.2) is 42.5 Å². The third-order valence-electron chi connectivity index (χ3n) is 5.96. The van der Waals surface area contributed by atoms with Gasteiger partial charge in [-0.15, -0.1) is 11.3 Å². The van der Waals surface area contributed by atoms with Gasteiger partial charge in [-0.25, -0.2) is 4.79 Å². The van der Waals surface area contributed by atoms with Gasteiger partial charge in [0.25, 0.3) is 0 Å². The second kappa shape index (κ2) is 11.3. The highest BCUT2D eigenvalue weighted by molar-refractivity contribution is 7.13. The Morgan fingerprint density at radius 1 is 1.17 bits per heavy atom. The first-order valence-corrected chi connectivity index (χ1v) is 11.9. The van der Waals surface area contributed by atoms with Crippen LogP contribution in [0.2, 0.25) is 0 Å². The minimum atomic E-state index is -0.267. The Balaban J connectivity index is 1.55. The van der Waals surface area contributed by atoms with E-state index in [1.807, 2.05) is 12.1 Å². The van der Waals surface area contributed by atoms with Crippen LogP contribution in [0.25, 0.3) is 6.08 Å². The van der Waals surface area contributed by atoms with Gasteiger partial charge in [-0.1, -0.05) is 56.2 Å². The molecule has 1 fully saturated rings. The molecule has 0 spiro atoms. The number of methoxy groups -OCH3 is 1. The fourth-order valence-electron chi connectivity index (χ4n) is 4.30. The van der Waals surface area contributed by atoms with Crippen LogP contribution < -0.4 is 0 Å². The van der Waals surface area contributed by atoms with Crippen LogP contribution in [0.3, 0.4) is 0 Å². The number of benzene rings is 1. The molecule has 0 unspecified atom stereocenters. The van der Waals surface area contributed by atoms with E-state index in [2.05, 4.69) is 43.3 Å². The van der Waals surface area contributed by atoms with Gasteiger partial charge in [-0.05, 0) is 61.3 Å². The van der Waals surface area contributed by atoms with E-state index in [0.29, 0.717) is 23.0 Å². The standard InChI is InChI=1S/C26H32O3S/c1-3-4-5-6-8-19-11-13-21(14-12-19)25-20(15-17-23(25)27)9-7-10-22-16-18-24(30-22)26(28)29-2/h6,8,11-14,16,18,20,25H,3-5,7,9-10,15,17H2,1-2H3/t20-,25-/m0/s1. The number of allylic oxidation sites excluding steroid dienone is 1. The van der Waals surface area contributed by atoms with E-state index in [1.54, 1.807) is 0 Å². The highest BCUT2D eigenvalue weighted by atomic mass is 32.1. The molecule has 30 heavy (non-hydrogen) atoms. The van der Waals surface area contributed by atoms with E-state index < -0.39 is 0 Å². The van der Waals surface area contributed by atoms with Gasteiger partial charge in [-0.3, -0.25) is 4.79 Å². The molecule has 0 radical (unpaired) electrons. The number of hydrogen-bond donors (Lipinski definition) is 0. The number of ether oxygens (including phenoxy) is 1. The van der Waals surface area contributed by atoms with Crippen LogP contribution in [-0.2, 0) is 16.0 Å². The van der Waals surface area contributed by atoms with Crippen molar-refractivity contribution in [2.75, 3.05) is 7.11 Å². The quantitative estimate of drug-likeness (QED) is 0.310. The number of carbonyl (C=O) groups is 2. The lowest BCUT2D eigenvalue weighted by atomic mass is 9.85. The summed E-state index contributed by atoms with van der Waals surface area (Å²) < 4.78 is 4.78. The van der Waals surface area contributed by atoms with Gasteiger partial charge in [0.2, 0.25) is 0 Å². The van der Waals surface area contributed by atoms with Crippen molar-refractivity contribution >= 4 is 29.2 Å². The molecule has 1 aliphatic carbocycles. The zero-order valence-electron chi connectivity index (χ0n) is 18.1. The second-order valence-corrected chi connectivity index (χ2v) is 9.27. The van der Waals surface area contributed by atoms with Gasteiger partial charge in [0.1, 0.15) is 10.7 Å². The van der Waals surface area contributed by atoms with E-state index in [0.717, 1.165) is 37.7 Å². The van der Waals surface area contributed by atoms with Crippen molar-refractivity contribution in [2.45, 2.75) is 64.2 Å². The first kappa shape index (κ1) is 22.5. The average Bonchev–Trinajstić information content (AvgIpc) is 3.38. The Morgan fingerprint density at radius 2 is 1.97 bits per heavy atom. The van der Waals surface area contributed by atoms with Crippen LogP contribution in [0.5, 0.6) is 0 Å². The highest BCUT2D eigenvalue weighted by Gasteiger charge is 2.35. The molecule has 4 heteroatoms. The van der Waals surface area contributed by atoms with Gasteiger partial charge >= 0.3 is 5.97 Å². The Kier molecular flexibility index (Phi) is 8.44. The smallest absolute Gasteiger partial charge is 0.348 e. The fourth-order valence-corrected chi connectivity index (χ4v) is 5.27. The summed E-state index contributed by atoms with van der Waals surface area (Å²) in [6.45, 7) is 2.21. The van der Waals surface area contributed by atoms with E-state index in [9.17, 15) is 9.59 Å². The van der Waals surface area contributed by atoms with Crippen LogP contribution in [0.1, 0.15) is 83.5 Å². The van der Waals surface area contributed by atoms with Crippen molar-refractivity contribution in [2.24, 2.45) is 5.92 Å². The molecular formula is C26H32O3S. The lowest BCUT2D eigenvalue weighted by Crippen LogP contribution is -2.13. The minimum absolute atomic E-state index is 0.0390. The molecule has 3 nitrogen and oxygen atoms in total. The summed E-state index contributed by atoms with van der Waals surface area (Å²) in [4.78, 5) is 26.1. The Hall–Kier alpha value is -2.20. The number of Topliss-reactive ketones (excluding diaryl/α,β-unsaturated/α-hetero) is 1. The number of hydrogen-bond acceptors (Lipinski definition) is 4. The van der Waals surface area contributed by atoms with Crippen LogP contribution in [0, 0.1) is 5.92 Å². The number of aryl methyl sites for hydroxylation is 1. The molecule has 160 valence electrons. The highest BCUT2D eigenvalue weighted by Crippen LogP contribution is 2.40. The SMILES string of the molecule is CCCCC=Cc1ccc([C@H]2C(=O)CC[C@@H]2CCCc2ccc(C(=O)OC)s2)cc1. The van der Waals surface area contributed by atoms with Gasteiger partial charge < -0.3 is 4.74 Å². The molecule has 1 heterocycles. The van der Waals surface area contributed by atoms with Crippen molar-refractivity contribution in [1.29, 1.82) is 0 Å². The average molecular weight is 425 g/mol. The topological polar surface area (TPSA) is 43.4 Å². The lowest BCUT2D eigenvalue weighted by Gasteiger charge is -2.19. The Bertz CT molecular complexity index is 863. The third kappa shape index (κ3) is 5.91. The van der Waals surface area contributed by atoms with Crippen molar-refractivity contribution in [3.05, 3.63) is 63.4 Å². The molecule has 0 N–H and O–H groups in total. The number of unbranched alkanes of at least 4 members (excludes halogenated alkanes) is 2. The van der Waals surface area contributed by atoms with Gasteiger partial charge in [-0.2, -0.15) is 0 Å². The molecule has 3 rings (SSSR count). The molecule has 0 bridgehead atoms. The maximum Gasteiger partial charge on any atom is 0.348 e. The summed E-state index contributed by atoms with van der Waals surface area (Å²) in [5.41, 5.74) is 2.37. The molecule has 1 aliphatic rings. The summed E-state index contributed by atoms with van der Waals surface area (Å²) in [5.74, 6) is 0.576. The number of rotatable bonds is 10. The number of carbonyl (C=O) groups excluding carboxylic acids is 2. The minimum Gasteiger partial charge on any atom is -0.465 e. The molecule has 2 atom stereocenters. The predicted molar refractivity (Wildman–Crippen MR) is 124 cm³/mol. The normalized spacial score (nSPS) is 18.9. The molecule has 1 aromatic carbocycles. The van der Waals surface area contributed by atoms with Crippen molar-refractivity contribution < 1.29 is 14.3 Å². The maximum atomic E-state index is 12.6. The monoisotopic (exact) mass is 424 g/mol. The van der Waals surface area contributed by atoms with E-state index >= 15 is 0 Å². The summed E-state index contributed by atoms with van der Waals surface area (Å²) in [6.07, 6.45) is 12.7. The largest absolute Gasteiger partial charge is 0.465 e. The molecule has 1 aromatic heterocycles. The van der Waals surface area contributed by atoms with Crippen molar-refractivity contribution in [3.63, 3.8) is 0 Å². The van der Waals surface area contributed by atoms with Gasteiger partial charge in [0.05, 0.1) is 7.11 Å².